The Morgan fingerprint density at radius 2 is 1.92 bits per heavy atom. The third-order valence-corrected chi connectivity index (χ3v) is 2.24. The summed E-state index contributed by atoms with van der Waals surface area (Å²) >= 11 is 11.5. The molecule has 0 saturated heterocycles. The quantitative estimate of drug-likeness (QED) is 0.612. The Kier molecular flexibility index (Phi) is 2.10. The minimum absolute atomic E-state index is 0.346. The molecule has 0 radical (unpaired) electrons. The predicted molar refractivity (Wildman–Crippen MR) is 51.7 cm³/mol. The molecule has 0 aliphatic rings. The Hall–Kier alpha value is -0.860. The first kappa shape index (κ1) is 8.73. The summed E-state index contributed by atoms with van der Waals surface area (Å²) in [4.78, 5) is 3.66. The summed E-state index contributed by atoms with van der Waals surface area (Å²) in [5.74, 6) is -0.597. The van der Waals surface area contributed by atoms with Crippen molar-refractivity contribution in [2.45, 2.75) is 0 Å². The smallest absolute Gasteiger partial charge is 0.214 e. The van der Waals surface area contributed by atoms with Crippen molar-refractivity contribution in [3.8, 4) is 0 Å². The van der Waals surface area contributed by atoms with Gasteiger partial charge in [0.15, 0.2) is 0 Å². The molecule has 13 heavy (non-hydrogen) atoms. The molecular weight excluding hydrogens is 212 g/mol. The zero-order valence-electron chi connectivity index (χ0n) is 6.39. The van der Waals surface area contributed by atoms with Gasteiger partial charge in [0.1, 0.15) is 0 Å². The van der Waals surface area contributed by atoms with Crippen LogP contribution in [0, 0.1) is 5.95 Å². The summed E-state index contributed by atoms with van der Waals surface area (Å²) in [6, 6.07) is 6.16. The van der Waals surface area contributed by atoms with Gasteiger partial charge in [0.25, 0.3) is 0 Å². The molecule has 4 heteroatoms. The Morgan fingerprint density at radius 3 is 2.69 bits per heavy atom. The van der Waals surface area contributed by atoms with Gasteiger partial charge in [0, 0.05) is 16.5 Å². The topological polar surface area (TPSA) is 12.9 Å². The van der Waals surface area contributed by atoms with Gasteiger partial charge in [-0.05, 0) is 18.2 Å². The van der Waals surface area contributed by atoms with E-state index < -0.39 is 5.95 Å². The molecule has 0 atom stereocenters. The molecule has 1 nitrogen and oxygen atoms in total. The molecular formula is C9H4Cl2FN. The van der Waals surface area contributed by atoms with Crippen LogP contribution in [0.15, 0.2) is 24.3 Å². The molecule has 1 aromatic heterocycles. The second-order valence-electron chi connectivity index (χ2n) is 2.59. The lowest BCUT2D eigenvalue weighted by Crippen LogP contribution is -1.85. The van der Waals surface area contributed by atoms with Crippen LogP contribution in [0.3, 0.4) is 0 Å². The fourth-order valence-corrected chi connectivity index (χ4v) is 1.55. The number of fused-ring (bicyclic) bond motifs is 1. The SMILES string of the molecule is Fc1cc(Cl)c2ccc(Cl)cc2n1. The Balaban J connectivity index is 2.86. The van der Waals surface area contributed by atoms with Gasteiger partial charge in [-0.1, -0.05) is 23.2 Å². The van der Waals surface area contributed by atoms with Gasteiger partial charge in [0.05, 0.1) is 10.5 Å². The summed E-state index contributed by atoms with van der Waals surface area (Å²) < 4.78 is 12.8. The number of hydrogen-bond acceptors (Lipinski definition) is 1. The fourth-order valence-electron chi connectivity index (χ4n) is 1.13. The summed E-state index contributed by atoms with van der Waals surface area (Å²) in [5, 5.41) is 1.56. The van der Waals surface area contributed by atoms with Gasteiger partial charge in [-0.2, -0.15) is 4.39 Å². The van der Waals surface area contributed by atoms with Crippen LogP contribution in [-0.2, 0) is 0 Å². The number of halogens is 3. The van der Waals surface area contributed by atoms with E-state index in [-0.39, 0.29) is 0 Å². The summed E-state index contributed by atoms with van der Waals surface area (Å²) in [6.45, 7) is 0. The molecule has 2 rings (SSSR count). The first-order chi connectivity index (χ1) is 6.16. The highest BCUT2D eigenvalue weighted by atomic mass is 35.5. The van der Waals surface area contributed by atoms with Gasteiger partial charge in [-0.15, -0.1) is 0 Å². The summed E-state index contributed by atoms with van der Waals surface area (Å²) in [6.07, 6.45) is 0. The lowest BCUT2D eigenvalue weighted by molar-refractivity contribution is 0.589. The fraction of sp³-hybridized carbons (Fsp3) is 0. The maximum atomic E-state index is 12.8. The van der Waals surface area contributed by atoms with Gasteiger partial charge in [0.2, 0.25) is 5.95 Å². The van der Waals surface area contributed by atoms with Crippen molar-refractivity contribution in [3.63, 3.8) is 0 Å². The van der Waals surface area contributed by atoms with Crippen LogP contribution < -0.4 is 0 Å². The molecule has 1 heterocycles. The molecule has 0 aliphatic carbocycles. The molecule has 0 aliphatic heterocycles. The Bertz CT molecular complexity index is 465. The molecule has 2 aromatic rings. The first-order valence-electron chi connectivity index (χ1n) is 3.58. The van der Waals surface area contributed by atoms with Crippen molar-refractivity contribution in [1.82, 2.24) is 4.98 Å². The summed E-state index contributed by atoms with van der Waals surface area (Å²) in [5.41, 5.74) is 0.470. The monoisotopic (exact) mass is 215 g/mol. The largest absolute Gasteiger partial charge is 0.220 e. The second-order valence-corrected chi connectivity index (χ2v) is 3.43. The Morgan fingerprint density at radius 1 is 1.15 bits per heavy atom. The lowest BCUT2D eigenvalue weighted by atomic mass is 10.2. The molecule has 0 saturated carbocycles. The number of hydrogen-bond donors (Lipinski definition) is 0. The zero-order chi connectivity index (χ0) is 9.42. The van der Waals surface area contributed by atoms with Crippen molar-refractivity contribution in [2.24, 2.45) is 0 Å². The van der Waals surface area contributed by atoms with Crippen LogP contribution in [0.1, 0.15) is 0 Å². The molecule has 0 amide bonds. The van der Waals surface area contributed by atoms with E-state index in [9.17, 15) is 4.39 Å². The molecule has 0 unspecified atom stereocenters. The van der Waals surface area contributed by atoms with Crippen LogP contribution >= 0.6 is 23.2 Å². The van der Waals surface area contributed by atoms with E-state index in [0.717, 1.165) is 0 Å². The molecule has 0 bridgehead atoms. The van der Waals surface area contributed by atoms with Crippen LogP contribution in [0.25, 0.3) is 10.9 Å². The van der Waals surface area contributed by atoms with E-state index in [0.29, 0.717) is 20.9 Å². The van der Waals surface area contributed by atoms with Crippen LogP contribution in [-0.4, -0.2) is 4.98 Å². The number of rotatable bonds is 0. The maximum Gasteiger partial charge on any atom is 0.214 e. The van der Waals surface area contributed by atoms with Crippen LogP contribution in [0.2, 0.25) is 10.0 Å². The average molecular weight is 216 g/mol. The molecule has 0 fully saturated rings. The minimum atomic E-state index is -0.597. The number of nitrogens with zero attached hydrogens (tertiary/aromatic N) is 1. The first-order valence-corrected chi connectivity index (χ1v) is 4.34. The van der Waals surface area contributed by atoms with Crippen molar-refractivity contribution >= 4 is 34.1 Å². The van der Waals surface area contributed by atoms with Gasteiger partial charge in [-0.3, -0.25) is 0 Å². The highest BCUT2D eigenvalue weighted by Crippen LogP contribution is 2.24. The molecule has 0 spiro atoms. The standard InChI is InChI=1S/C9H4Cl2FN/c10-5-1-2-6-7(11)4-9(12)13-8(6)3-5/h1-4H. The van der Waals surface area contributed by atoms with E-state index in [1.807, 2.05) is 0 Å². The van der Waals surface area contributed by atoms with E-state index in [2.05, 4.69) is 4.98 Å². The van der Waals surface area contributed by atoms with Crippen molar-refractivity contribution in [2.75, 3.05) is 0 Å². The molecule has 0 N–H and O–H groups in total. The van der Waals surface area contributed by atoms with E-state index in [1.165, 1.54) is 6.07 Å². The van der Waals surface area contributed by atoms with E-state index in [1.54, 1.807) is 18.2 Å². The average Bonchev–Trinajstić information content (AvgIpc) is 2.02. The molecule has 66 valence electrons. The van der Waals surface area contributed by atoms with Crippen molar-refractivity contribution in [1.29, 1.82) is 0 Å². The maximum absolute atomic E-state index is 12.8. The normalized spacial score (nSPS) is 10.7. The molecule has 1 aromatic carbocycles. The number of pyridine rings is 1. The second kappa shape index (κ2) is 3.13. The van der Waals surface area contributed by atoms with E-state index >= 15 is 0 Å². The minimum Gasteiger partial charge on any atom is -0.220 e. The summed E-state index contributed by atoms with van der Waals surface area (Å²) in [7, 11) is 0. The number of aromatic nitrogens is 1. The van der Waals surface area contributed by atoms with Gasteiger partial charge in [-0.25, -0.2) is 4.98 Å². The van der Waals surface area contributed by atoms with Crippen LogP contribution in [0.4, 0.5) is 4.39 Å². The Labute approximate surface area is 84.1 Å². The highest BCUT2D eigenvalue weighted by Gasteiger charge is 2.03. The lowest BCUT2D eigenvalue weighted by Gasteiger charge is -1.99. The van der Waals surface area contributed by atoms with Crippen LogP contribution in [0.5, 0.6) is 0 Å². The zero-order valence-corrected chi connectivity index (χ0v) is 7.90. The predicted octanol–water partition coefficient (Wildman–Crippen LogP) is 3.68. The number of benzene rings is 1. The van der Waals surface area contributed by atoms with E-state index in [4.69, 9.17) is 23.2 Å². The van der Waals surface area contributed by atoms with Crippen molar-refractivity contribution in [3.05, 3.63) is 40.3 Å². The van der Waals surface area contributed by atoms with Crippen molar-refractivity contribution < 1.29 is 4.39 Å². The van der Waals surface area contributed by atoms with Gasteiger partial charge < -0.3 is 0 Å². The van der Waals surface area contributed by atoms with Gasteiger partial charge >= 0.3 is 0 Å². The highest BCUT2D eigenvalue weighted by molar-refractivity contribution is 6.36. The third kappa shape index (κ3) is 1.60. The third-order valence-electron chi connectivity index (χ3n) is 1.69.